The first-order valence-corrected chi connectivity index (χ1v) is 14.0. The van der Waals surface area contributed by atoms with Crippen molar-refractivity contribution >= 4 is 29.7 Å². The van der Waals surface area contributed by atoms with Crippen molar-refractivity contribution in [3.63, 3.8) is 0 Å². The van der Waals surface area contributed by atoms with Crippen LogP contribution in [0.3, 0.4) is 0 Å². The summed E-state index contributed by atoms with van der Waals surface area (Å²) in [6.45, 7) is 2.10. The summed E-state index contributed by atoms with van der Waals surface area (Å²) in [4.78, 5) is 38.1. The van der Waals surface area contributed by atoms with Gasteiger partial charge in [0.15, 0.2) is 23.0 Å². The van der Waals surface area contributed by atoms with Gasteiger partial charge in [-0.25, -0.2) is 10.2 Å². The summed E-state index contributed by atoms with van der Waals surface area (Å²) in [5, 5.41) is 6.81. The van der Waals surface area contributed by atoms with E-state index in [0.717, 1.165) is 0 Å². The molecular formula is C34H33N3O9. The van der Waals surface area contributed by atoms with Gasteiger partial charge in [0.05, 0.1) is 46.8 Å². The molecule has 0 radical (unpaired) electrons. The molecule has 0 aliphatic carbocycles. The minimum absolute atomic E-state index is 0.179. The monoisotopic (exact) mass is 627 g/mol. The number of carbonyl (C=O) groups excluding carboxylic acids is 3. The molecule has 46 heavy (non-hydrogen) atoms. The fourth-order valence-corrected chi connectivity index (χ4v) is 4.20. The summed E-state index contributed by atoms with van der Waals surface area (Å²) in [5.41, 5.74) is 4.55. The van der Waals surface area contributed by atoms with Crippen LogP contribution in [0, 0.1) is 0 Å². The van der Waals surface area contributed by atoms with Crippen molar-refractivity contribution in [3.8, 4) is 34.5 Å². The molecule has 0 atom stereocenters. The molecule has 2 N–H and O–H groups in total. The highest BCUT2D eigenvalue weighted by Gasteiger charge is 2.20. The molecule has 0 spiro atoms. The standard InChI is InChI=1S/C34H33N3O9/c1-6-45-28-17-21(7-16-27(28)46-34(40)24-18-29(42-3)31(44-5)30(19-24)43-4)20-35-37-33(39)23-8-12-25(13-9-23)36-32(38)22-10-14-26(41-2)15-11-22/h7-20H,6H2,1-5H3,(H,36,38)(H,37,39)/b35-20-. The van der Waals surface area contributed by atoms with Crippen LogP contribution >= 0.6 is 0 Å². The summed E-state index contributed by atoms with van der Waals surface area (Å²) in [6.07, 6.45) is 1.43. The molecule has 0 bridgehead atoms. The fourth-order valence-electron chi connectivity index (χ4n) is 4.20. The lowest BCUT2D eigenvalue weighted by Gasteiger charge is -2.15. The molecule has 12 nitrogen and oxygen atoms in total. The molecule has 4 aromatic carbocycles. The molecule has 4 aromatic rings. The number of ether oxygens (including phenoxy) is 6. The van der Waals surface area contributed by atoms with E-state index in [9.17, 15) is 14.4 Å². The van der Waals surface area contributed by atoms with Crippen molar-refractivity contribution < 1.29 is 42.8 Å². The van der Waals surface area contributed by atoms with Crippen molar-refractivity contribution in [2.75, 3.05) is 40.4 Å². The Morgan fingerprint density at radius 3 is 1.89 bits per heavy atom. The Balaban J connectivity index is 1.38. The zero-order chi connectivity index (χ0) is 33.1. The number of carbonyl (C=O) groups is 3. The van der Waals surface area contributed by atoms with Crippen molar-refractivity contribution in [2.24, 2.45) is 5.10 Å². The van der Waals surface area contributed by atoms with Gasteiger partial charge in [-0.2, -0.15) is 5.10 Å². The van der Waals surface area contributed by atoms with Crippen LogP contribution in [-0.2, 0) is 0 Å². The highest BCUT2D eigenvalue weighted by molar-refractivity contribution is 6.04. The maximum absolute atomic E-state index is 13.0. The largest absolute Gasteiger partial charge is 0.497 e. The van der Waals surface area contributed by atoms with Crippen molar-refractivity contribution in [2.45, 2.75) is 6.92 Å². The van der Waals surface area contributed by atoms with Crippen LogP contribution in [0.5, 0.6) is 34.5 Å². The average molecular weight is 628 g/mol. The molecule has 0 heterocycles. The zero-order valence-electron chi connectivity index (χ0n) is 25.9. The lowest BCUT2D eigenvalue weighted by atomic mass is 10.1. The molecule has 0 unspecified atom stereocenters. The van der Waals surface area contributed by atoms with E-state index in [-0.39, 0.29) is 17.2 Å². The number of methoxy groups -OCH3 is 4. The van der Waals surface area contributed by atoms with Crippen LogP contribution in [0.4, 0.5) is 5.69 Å². The Morgan fingerprint density at radius 2 is 1.30 bits per heavy atom. The number of rotatable bonds is 13. The van der Waals surface area contributed by atoms with Crippen LogP contribution in [-0.4, -0.2) is 59.0 Å². The van der Waals surface area contributed by atoms with Gasteiger partial charge in [0.25, 0.3) is 11.8 Å². The smallest absolute Gasteiger partial charge is 0.343 e. The van der Waals surface area contributed by atoms with Crippen LogP contribution in [0.2, 0.25) is 0 Å². The molecule has 0 aromatic heterocycles. The number of nitrogens with one attached hydrogen (secondary N) is 2. The number of nitrogens with zero attached hydrogens (tertiary/aromatic N) is 1. The molecule has 2 amide bonds. The van der Waals surface area contributed by atoms with Gasteiger partial charge in [0, 0.05) is 16.8 Å². The Morgan fingerprint density at radius 1 is 0.674 bits per heavy atom. The van der Waals surface area contributed by atoms with Crippen LogP contribution in [0.1, 0.15) is 43.6 Å². The number of amides is 2. The fraction of sp³-hybridized carbons (Fsp3) is 0.176. The van der Waals surface area contributed by atoms with Crippen molar-refractivity contribution in [1.29, 1.82) is 0 Å². The maximum Gasteiger partial charge on any atom is 0.343 e. The van der Waals surface area contributed by atoms with Gasteiger partial charge in [-0.15, -0.1) is 0 Å². The van der Waals surface area contributed by atoms with E-state index in [1.807, 2.05) is 0 Å². The number of hydrogen-bond donors (Lipinski definition) is 2. The molecule has 0 saturated heterocycles. The van der Waals surface area contributed by atoms with Gasteiger partial charge in [0.2, 0.25) is 5.75 Å². The first-order valence-electron chi connectivity index (χ1n) is 14.0. The highest BCUT2D eigenvalue weighted by Crippen LogP contribution is 2.39. The SMILES string of the molecule is CCOc1cc(/C=N\NC(=O)c2ccc(NC(=O)c3ccc(OC)cc3)cc2)ccc1OC(=O)c1cc(OC)c(OC)c(OC)c1. The van der Waals surface area contributed by atoms with E-state index in [4.69, 9.17) is 28.4 Å². The first kappa shape index (κ1) is 32.9. The van der Waals surface area contributed by atoms with Gasteiger partial charge in [-0.1, -0.05) is 0 Å². The zero-order valence-corrected chi connectivity index (χ0v) is 25.9. The second kappa shape index (κ2) is 15.6. The molecule has 0 fully saturated rings. The van der Waals surface area contributed by atoms with E-state index < -0.39 is 11.9 Å². The summed E-state index contributed by atoms with van der Waals surface area (Å²) in [5.74, 6) is 0.671. The molecule has 0 saturated carbocycles. The number of hydrogen-bond acceptors (Lipinski definition) is 10. The molecule has 12 heteroatoms. The lowest BCUT2D eigenvalue weighted by molar-refractivity contribution is 0.0727. The van der Waals surface area contributed by atoms with Gasteiger partial charge in [0.1, 0.15) is 5.75 Å². The predicted molar refractivity (Wildman–Crippen MR) is 171 cm³/mol. The summed E-state index contributed by atoms with van der Waals surface area (Å²) in [6, 6.07) is 20.9. The average Bonchev–Trinajstić information content (AvgIpc) is 3.08. The first-order chi connectivity index (χ1) is 22.3. The number of esters is 1. The number of anilines is 1. The van der Waals surface area contributed by atoms with E-state index in [1.54, 1.807) is 80.8 Å². The van der Waals surface area contributed by atoms with E-state index >= 15 is 0 Å². The third kappa shape index (κ3) is 8.11. The minimum atomic E-state index is -0.666. The van der Waals surface area contributed by atoms with E-state index in [0.29, 0.717) is 57.7 Å². The minimum Gasteiger partial charge on any atom is -0.497 e. The summed E-state index contributed by atoms with van der Waals surface area (Å²) < 4.78 is 32.4. The van der Waals surface area contributed by atoms with E-state index in [1.165, 1.54) is 39.7 Å². The van der Waals surface area contributed by atoms with Gasteiger partial charge < -0.3 is 33.7 Å². The van der Waals surface area contributed by atoms with Crippen LogP contribution < -0.4 is 39.2 Å². The molecule has 4 rings (SSSR count). The second-order valence-corrected chi connectivity index (χ2v) is 9.40. The topological polar surface area (TPSA) is 143 Å². The Kier molecular flexibility index (Phi) is 11.2. The number of hydrazone groups is 1. The quantitative estimate of drug-likeness (QED) is 0.0867. The van der Waals surface area contributed by atoms with Gasteiger partial charge >= 0.3 is 5.97 Å². The molecule has 0 aliphatic rings. The number of benzene rings is 4. The third-order valence-electron chi connectivity index (χ3n) is 6.51. The maximum atomic E-state index is 13.0. The van der Waals surface area contributed by atoms with E-state index in [2.05, 4.69) is 15.8 Å². The van der Waals surface area contributed by atoms with Crippen molar-refractivity contribution in [1.82, 2.24) is 5.43 Å². The third-order valence-corrected chi connectivity index (χ3v) is 6.51. The van der Waals surface area contributed by atoms with Crippen LogP contribution in [0.25, 0.3) is 0 Å². The van der Waals surface area contributed by atoms with Crippen LogP contribution in [0.15, 0.2) is 84.0 Å². The second-order valence-electron chi connectivity index (χ2n) is 9.40. The van der Waals surface area contributed by atoms with Gasteiger partial charge in [-0.3, -0.25) is 9.59 Å². The Bertz CT molecular complexity index is 1690. The lowest BCUT2D eigenvalue weighted by Crippen LogP contribution is -2.18. The molecule has 238 valence electrons. The van der Waals surface area contributed by atoms with Gasteiger partial charge in [-0.05, 0) is 91.3 Å². The highest BCUT2D eigenvalue weighted by atomic mass is 16.6. The van der Waals surface area contributed by atoms with Crippen molar-refractivity contribution in [3.05, 3.63) is 101 Å². The predicted octanol–water partition coefficient (Wildman–Crippen LogP) is 5.36. The molecule has 0 aliphatic heterocycles. The normalized spacial score (nSPS) is 10.5. The Labute approximate surface area is 265 Å². The summed E-state index contributed by atoms with van der Waals surface area (Å²) in [7, 11) is 5.92. The Hall–Kier alpha value is -6.04. The summed E-state index contributed by atoms with van der Waals surface area (Å²) >= 11 is 0. The molecular weight excluding hydrogens is 594 g/mol.